The van der Waals surface area contributed by atoms with Crippen molar-refractivity contribution in [3.8, 4) is 0 Å². The molecule has 174 valence electrons. The van der Waals surface area contributed by atoms with Gasteiger partial charge in [-0.15, -0.1) is 11.8 Å². The van der Waals surface area contributed by atoms with E-state index in [1.165, 1.54) is 5.57 Å². The summed E-state index contributed by atoms with van der Waals surface area (Å²) in [6.45, 7) is 15.6. The van der Waals surface area contributed by atoms with Gasteiger partial charge in [0.2, 0.25) is 0 Å². The number of carboxylic acid groups (broad SMARTS) is 1. The molecule has 0 bridgehead atoms. The quantitative estimate of drug-likeness (QED) is 0.502. The van der Waals surface area contributed by atoms with Crippen LogP contribution in [0.2, 0.25) is 5.02 Å². The minimum absolute atomic E-state index is 0.00142. The maximum atomic E-state index is 11.8. The highest BCUT2D eigenvalue weighted by atomic mass is 35.5. The fourth-order valence-corrected chi connectivity index (χ4v) is 4.99. The van der Waals surface area contributed by atoms with Crippen molar-refractivity contribution >= 4 is 41.5 Å². The van der Waals surface area contributed by atoms with Crippen molar-refractivity contribution in [1.29, 1.82) is 0 Å². The molecule has 1 aliphatic carbocycles. The molecule has 0 saturated heterocycles. The Morgan fingerprint density at radius 2 is 1.78 bits per heavy atom. The van der Waals surface area contributed by atoms with Gasteiger partial charge in [0.15, 0.2) is 0 Å². The highest BCUT2D eigenvalue weighted by Crippen LogP contribution is 2.33. The number of halogens is 1. The van der Waals surface area contributed by atoms with Crippen LogP contribution in [0.3, 0.4) is 0 Å². The third-order valence-electron chi connectivity index (χ3n) is 5.12. The van der Waals surface area contributed by atoms with Gasteiger partial charge in [0.1, 0.15) is 0 Å². The molecule has 3 rings (SSSR count). The molecule has 0 fully saturated rings. The Hall–Kier alpha value is -1.91. The molecule has 0 saturated carbocycles. The van der Waals surface area contributed by atoms with Crippen LogP contribution in [0.4, 0.5) is 0 Å². The molecule has 2 aromatic rings. The topological polar surface area (TPSA) is 42.2 Å². The zero-order valence-electron chi connectivity index (χ0n) is 20.3. The molecule has 0 aliphatic heterocycles. The van der Waals surface area contributed by atoms with Crippen LogP contribution in [0.15, 0.2) is 40.8 Å². The first-order valence-electron chi connectivity index (χ1n) is 11.3. The minimum atomic E-state index is -0.811. The summed E-state index contributed by atoms with van der Waals surface area (Å²) in [5, 5.41) is 12.6. The van der Waals surface area contributed by atoms with E-state index in [1.54, 1.807) is 11.8 Å². The molecule has 32 heavy (non-hydrogen) atoms. The van der Waals surface area contributed by atoms with Gasteiger partial charge in [-0.1, -0.05) is 89.9 Å². The van der Waals surface area contributed by atoms with Crippen LogP contribution in [0.5, 0.6) is 0 Å². The SMILES string of the molecule is CC.CC(C)C1=CC=c2c(c(SC(C)(C)C)c(CC(=O)O)n2Cc2ccc(Cl)cc2)=CC1. The number of nitrogens with zero attached hydrogens (tertiary/aromatic N) is 1. The number of allylic oxidation sites excluding steroid dienone is 2. The number of rotatable bonds is 6. The van der Waals surface area contributed by atoms with Gasteiger partial charge in [-0.05, 0) is 36.1 Å². The summed E-state index contributed by atoms with van der Waals surface area (Å²) in [5.41, 5.74) is 3.36. The fourth-order valence-electron chi connectivity index (χ4n) is 3.66. The summed E-state index contributed by atoms with van der Waals surface area (Å²) >= 11 is 7.82. The van der Waals surface area contributed by atoms with Crippen LogP contribution in [0, 0.1) is 5.92 Å². The largest absolute Gasteiger partial charge is 0.481 e. The average Bonchev–Trinajstić information content (AvgIpc) is 2.86. The van der Waals surface area contributed by atoms with Crippen molar-refractivity contribution < 1.29 is 9.90 Å². The van der Waals surface area contributed by atoms with Gasteiger partial charge in [0, 0.05) is 37.5 Å². The second kappa shape index (κ2) is 11.3. The first-order chi connectivity index (χ1) is 15.0. The molecule has 3 nitrogen and oxygen atoms in total. The van der Waals surface area contributed by atoms with Crippen LogP contribution in [0.25, 0.3) is 12.2 Å². The third-order valence-corrected chi connectivity index (χ3v) is 6.64. The molecule has 1 aromatic carbocycles. The Morgan fingerprint density at radius 1 is 1.16 bits per heavy atom. The molecule has 0 amide bonds. The number of aromatic nitrogens is 1. The maximum Gasteiger partial charge on any atom is 0.309 e. The average molecular weight is 474 g/mol. The third kappa shape index (κ3) is 6.79. The molecular formula is C27H36ClNO2S. The zero-order valence-corrected chi connectivity index (χ0v) is 21.9. The van der Waals surface area contributed by atoms with E-state index in [4.69, 9.17) is 11.6 Å². The van der Waals surface area contributed by atoms with E-state index in [0.717, 1.165) is 33.1 Å². The summed E-state index contributed by atoms with van der Waals surface area (Å²) in [6.07, 6.45) is 7.55. The van der Waals surface area contributed by atoms with Crippen LogP contribution >= 0.6 is 23.4 Å². The summed E-state index contributed by atoms with van der Waals surface area (Å²) in [6, 6.07) is 7.78. The van der Waals surface area contributed by atoms with Crippen molar-refractivity contribution in [3.05, 3.63) is 62.8 Å². The fraction of sp³-hybridized carbons (Fsp3) is 0.444. The lowest BCUT2D eigenvalue weighted by Crippen LogP contribution is -2.30. The summed E-state index contributed by atoms with van der Waals surface area (Å²) in [5.74, 6) is -0.336. The van der Waals surface area contributed by atoms with E-state index in [2.05, 4.69) is 57.4 Å². The van der Waals surface area contributed by atoms with E-state index in [1.807, 2.05) is 38.1 Å². The lowest BCUT2D eigenvalue weighted by Gasteiger charge is -2.19. The van der Waals surface area contributed by atoms with Gasteiger partial charge >= 0.3 is 5.97 Å². The standard InChI is InChI=1S/C25H30ClNO2S.C2H6/c1-16(2)18-8-12-20-21(13-9-18)27(15-17-6-10-19(26)11-7-17)22(14-23(28)29)24(20)30-25(3,4)5;1-2/h6-7,9-13,16H,8,14-15H2,1-5H3,(H,28,29);1-2H3. The van der Waals surface area contributed by atoms with Crippen LogP contribution in [0.1, 0.15) is 66.1 Å². The number of benzene rings is 1. The lowest BCUT2D eigenvalue weighted by molar-refractivity contribution is -0.136. The summed E-state index contributed by atoms with van der Waals surface area (Å²) in [4.78, 5) is 12.9. The smallest absolute Gasteiger partial charge is 0.309 e. The predicted octanol–water partition coefficient (Wildman–Crippen LogP) is 6.28. The lowest BCUT2D eigenvalue weighted by atomic mass is 10.00. The van der Waals surface area contributed by atoms with Gasteiger partial charge in [-0.2, -0.15) is 0 Å². The second-order valence-electron chi connectivity index (χ2n) is 9.04. The predicted molar refractivity (Wildman–Crippen MR) is 139 cm³/mol. The molecular weight excluding hydrogens is 438 g/mol. The number of hydrogen-bond donors (Lipinski definition) is 1. The normalized spacial score (nSPS) is 13.2. The van der Waals surface area contributed by atoms with E-state index < -0.39 is 5.97 Å². The van der Waals surface area contributed by atoms with E-state index in [-0.39, 0.29) is 11.2 Å². The van der Waals surface area contributed by atoms with Crippen LogP contribution in [-0.4, -0.2) is 20.4 Å². The van der Waals surface area contributed by atoms with Crippen LogP contribution < -0.4 is 10.6 Å². The first kappa shape index (κ1) is 26.3. The molecule has 0 spiro atoms. The second-order valence-corrected chi connectivity index (χ2v) is 11.3. The van der Waals surface area contributed by atoms with Crippen molar-refractivity contribution in [2.45, 2.75) is 77.5 Å². The number of fused-ring (bicyclic) bond motifs is 1. The number of thioether (sulfide) groups is 1. The van der Waals surface area contributed by atoms with E-state index in [0.29, 0.717) is 17.5 Å². The van der Waals surface area contributed by atoms with Gasteiger partial charge in [-0.3, -0.25) is 4.79 Å². The molecule has 0 unspecified atom stereocenters. The van der Waals surface area contributed by atoms with Crippen molar-refractivity contribution in [2.24, 2.45) is 5.92 Å². The van der Waals surface area contributed by atoms with E-state index in [9.17, 15) is 9.90 Å². The Bertz CT molecular complexity index is 1090. The Morgan fingerprint density at radius 3 is 2.31 bits per heavy atom. The Balaban J connectivity index is 0.00000176. The number of aliphatic carboxylic acids is 1. The molecule has 0 atom stereocenters. The number of carboxylic acids is 1. The molecule has 5 heteroatoms. The monoisotopic (exact) mass is 473 g/mol. The molecule has 1 aliphatic rings. The van der Waals surface area contributed by atoms with Crippen LogP contribution in [-0.2, 0) is 17.8 Å². The Kier molecular flexibility index (Phi) is 9.29. The summed E-state index contributed by atoms with van der Waals surface area (Å²) < 4.78 is 2.15. The summed E-state index contributed by atoms with van der Waals surface area (Å²) in [7, 11) is 0. The van der Waals surface area contributed by atoms with Gasteiger partial charge in [-0.25, -0.2) is 0 Å². The molecule has 0 radical (unpaired) electrons. The minimum Gasteiger partial charge on any atom is -0.481 e. The molecule has 1 N–H and O–H groups in total. The van der Waals surface area contributed by atoms with Gasteiger partial charge < -0.3 is 9.67 Å². The van der Waals surface area contributed by atoms with Crippen molar-refractivity contribution in [1.82, 2.24) is 4.57 Å². The number of hydrogen-bond acceptors (Lipinski definition) is 2. The van der Waals surface area contributed by atoms with Crippen molar-refractivity contribution in [2.75, 3.05) is 0 Å². The van der Waals surface area contributed by atoms with Crippen molar-refractivity contribution in [3.63, 3.8) is 0 Å². The van der Waals surface area contributed by atoms with E-state index >= 15 is 0 Å². The maximum absolute atomic E-state index is 11.8. The molecule has 1 aromatic heterocycles. The highest BCUT2D eigenvalue weighted by Gasteiger charge is 2.23. The molecule has 1 heterocycles. The van der Waals surface area contributed by atoms with Gasteiger partial charge in [0.05, 0.1) is 6.42 Å². The van der Waals surface area contributed by atoms with Gasteiger partial charge in [0.25, 0.3) is 0 Å². The first-order valence-corrected chi connectivity index (χ1v) is 12.5. The zero-order chi connectivity index (χ0) is 24.1. The Labute approximate surface area is 201 Å². The highest BCUT2D eigenvalue weighted by molar-refractivity contribution is 8.00. The number of carbonyl (C=O) groups is 1.